The molecule has 1 amide bonds. The van der Waals surface area contributed by atoms with Gasteiger partial charge in [0.05, 0.1) is 12.7 Å². The molecule has 5 heteroatoms. The predicted molar refractivity (Wildman–Crippen MR) is 82.7 cm³/mol. The van der Waals surface area contributed by atoms with Gasteiger partial charge in [0.25, 0.3) is 5.91 Å². The summed E-state index contributed by atoms with van der Waals surface area (Å²) in [7, 11) is 1.86. The summed E-state index contributed by atoms with van der Waals surface area (Å²) in [6, 6.07) is 8.08. The van der Waals surface area contributed by atoms with Crippen LogP contribution in [0.25, 0.3) is 0 Å². The summed E-state index contributed by atoms with van der Waals surface area (Å²) >= 11 is 0. The van der Waals surface area contributed by atoms with E-state index in [-0.39, 0.29) is 12.0 Å². The fourth-order valence-electron chi connectivity index (χ4n) is 3.11. The number of fused-ring (bicyclic) bond motifs is 1. The summed E-state index contributed by atoms with van der Waals surface area (Å²) in [5, 5.41) is 6.02. The van der Waals surface area contributed by atoms with E-state index in [9.17, 15) is 4.79 Å². The number of hydrogen-bond acceptors (Lipinski definition) is 4. The maximum atomic E-state index is 12.1. The van der Waals surface area contributed by atoms with Crippen LogP contribution in [0.15, 0.2) is 24.3 Å². The van der Waals surface area contributed by atoms with Crippen molar-refractivity contribution in [2.24, 2.45) is 0 Å². The topological polar surface area (TPSA) is 53.6 Å². The molecule has 2 aliphatic heterocycles. The average molecular weight is 289 g/mol. The van der Waals surface area contributed by atoms with Gasteiger partial charge in [-0.05, 0) is 43.7 Å². The number of benzene rings is 1. The Balaban J connectivity index is 1.49. The van der Waals surface area contributed by atoms with Gasteiger partial charge in [0.15, 0.2) is 0 Å². The first-order chi connectivity index (χ1) is 10.3. The van der Waals surface area contributed by atoms with Gasteiger partial charge in [-0.25, -0.2) is 0 Å². The molecule has 2 unspecified atom stereocenters. The molecule has 5 nitrogen and oxygen atoms in total. The van der Waals surface area contributed by atoms with E-state index in [0.717, 1.165) is 18.8 Å². The molecule has 2 fully saturated rings. The van der Waals surface area contributed by atoms with Crippen molar-refractivity contribution in [3.63, 3.8) is 0 Å². The lowest BCUT2D eigenvalue weighted by Gasteiger charge is -2.35. The zero-order valence-corrected chi connectivity index (χ0v) is 12.5. The molecule has 2 heterocycles. The van der Waals surface area contributed by atoms with Crippen molar-refractivity contribution in [3.05, 3.63) is 29.8 Å². The number of morpholine rings is 1. The van der Waals surface area contributed by atoms with Gasteiger partial charge in [-0.15, -0.1) is 0 Å². The summed E-state index contributed by atoms with van der Waals surface area (Å²) in [4.78, 5) is 14.6. The molecule has 0 radical (unpaired) electrons. The van der Waals surface area contributed by atoms with Crippen LogP contribution < -0.4 is 10.6 Å². The van der Waals surface area contributed by atoms with E-state index in [2.05, 4.69) is 15.5 Å². The zero-order valence-electron chi connectivity index (χ0n) is 12.5. The second-order valence-electron chi connectivity index (χ2n) is 5.78. The number of carbonyl (C=O) groups excluding carboxylic acids is 1. The van der Waals surface area contributed by atoms with E-state index in [1.165, 1.54) is 19.4 Å². The molecular formula is C16H23N3O2. The van der Waals surface area contributed by atoms with Crippen molar-refractivity contribution in [2.45, 2.75) is 25.0 Å². The lowest BCUT2D eigenvalue weighted by atomic mass is 10.1. The van der Waals surface area contributed by atoms with Crippen molar-refractivity contribution in [2.75, 3.05) is 38.6 Å². The minimum Gasteiger partial charge on any atom is -0.388 e. The van der Waals surface area contributed by atoms with Gasteiger partial charge in [0, 0.05) is 37.4 Å². The Morgan fingerprint density at radius 2 is 2.19 bits per heavy atom. The number of ether oxygens (including phenoxy) is 1. The zero-order chi connectivity index (χ0) is 14.7. The lowest BCUT2D eigenvalue weighted by Crippen LogP contribution is -2.50. The predicted octanol–water partition coefficient (Wildman–Crippen LogP) is 1.32. The van der Waals surface area contributed by atoms with Crippen LogP contribution in [0.4, 0.5) is 5.69 Å². The molecule has 21 heavy (non-hydrogen) atoms. The van der Waals surface area contributed by atoms with Crippen LogP contribution >= 0.6 is 0 Å². The fourth-order valence-corrected chi connectivity index (χ4v) is 3.11. The molecule has 1 aromatic carbocycles. The highest BCUT2D eigenvalue weighted by Crippen LogP contribution is 2.22. The largest absolute Gasteiger partial charge is 0.388 e. The number of rotatable bonds is 4. The average Bonchev–Trinajstić information content (AvgIpc) is 3.00. The van der Waals surface area contributed by atoms with Gasteiger partial charge >= 0.3 is 0 Å². The summed E-state index contributed by atoms with van der Waals surface area (Å²) < 4.78 is 5.85. The quantitative estimate of drug-likeness (QED) is 0.878. The third-order valence-corrected chi connectivity index (χ3v) is 4.39. The van der Waals surface area contributed by atoms with E-state index in [1.807, 2.05) is 31.3 Å². The molecule has 114 valence electrons. The second-order valence-corrected chi connectivity index (χ2v) is 5.78. The third kappa shape index (κ3) is 3.36. The Morgan fingerprint density at radius 3 is 2.95 bits per heavy atom. The van der Waals surface area contributed by atoms with Gasteiger partial charge in [-0.1, -0.05) is 0 Å². The monoisotopic (exact) mass is 289 g/mol. The van der Waals surface area contributed by atoms with Crippen LogP contribution in [0.1, 0.15) is 23.2 Å². The molecule has 0 aromatic heterocycles. The van der Waals surface area contributed by atoms with Crippen molar-refractivity contribution in [1.29, 1.82) is 0 Å². The maximum absolute atomic E-state index is 12.1. The summed E-state index contributed by atoms with van der Waals surface area (Å²) in [5.74, 6) is -0.0372. The molecule has 3 rings (SSSR count). The van der Waals surface area contributed by atoms with Crippen LogP contribution in [-0.2, 0) is 4.74 Å². The third-order valence-electron chi connectivity index (χ3n) is 4.39. The maximum Gasteiger partial charge on any atom is 0.251 e. The number of anilines is 1. The van der Waals surface area contributed by atoms with Gasteiger partial charge in [0.1, 0.15) is 0 Å². The van der Waals surface area contributed by atoms with E-state index in [4.69, 9.17) is 4.74 Å². The fraction of sp³-hybridized carbons (Fsp3) is 0.562. The van der Waals surface area contributed by atoms with Crippen molar-refractivity contribution in [1.82, 2.24) is 10.2 Å². The first-order valence-corrected chi connectivity index (χ1v) is 7.68. The van der Waals surface area contributed by atoms with Gasteiger partial charge in [-0.2, -0.15) is 0 Å². The lowest BCUT2D eigenvalue weighted by molar-refractivity contribution is -0.0461. The second kappa shape index (κ2) is 6.45. The van der Waals surface area contributed by atoms with Crippen molar-refractivity contribution < 1.29 is 9.53 Å². The van der Waals surface area contributed by atoms with Crippen LogP contribution in [0.2, 0.25) is 0 Å². The SMILES string of the molecule is CNc1ccc(C(=O)NCC2CN3CCCC3CO2)cc1. The van der Waals surface area contributed by atoms with Crippen LogP contribution in [0.3, 0.4) is 0 Å². The summed E-state index contributed by atoms with van der Waals surface area (Å²) in [6.45, 7) is 3.49. The molecule has 1 aromatic rings. The minimum absolute atomic E-state index is 0.0372. The molecule has 2 saturated heterocycles. The molecule has 2 aliphatic rings. The number of amides is 1. The van der Waals surface area contributed by atoms with Gasteiger partial charge in [0.2, 0.25) is 0 Å². The normalized spacial score (nSPS) is 25.4. The van der Waals surface area contributed by atoms with Crippen LogP contribution in [0, 0.1) is 0 Å². The van der Waals surface area contributed by atoms with Gasteiger partial charge in [-0.3, -0.25) is 9.69 Å². The molecule has 0 spiro atoms. The molecule has 0 bridgehead atoms. The number of carbonyl (C=O) groups is 1. The van der Waals surface area contributed by atoms with E-state index in [1.54, 1.807) is 0 Å². The van der Waals surface area contributed by atoms with Crippen LogP contribution in [-0.4, -0.2) is 56.2 Å². The smallest absolute Gasteiger partial charge is 0.251 e. The van der Waals surface area contributed by atoms with E-state index in [0.29, 0.717) is 18.2 Å². The summed E-state index contributed by atoms with van der Waals surface area (Å²) in [5.41, 5.74) is 1.69. The van der Waals surface area contributed by atoms with Gasteiger partial charge < -0.3 is 15.4 Å². The molecule has 2 N–H and O–H groups in total. The van der Waals surface area contributed by atoms with Crippen molar-refractivity contribution >= 4 is 11.6 Å². The minimum atomic E-state index is -0.0372. The Hall–Kier alpha value is -1.59. The highest BCUT2D eigenvalue weighted by Gasteiger charge is 2.32. The molecule has 0 aliphatic carbocycles. The molecule has 0 saturated carbocycles. The van der Waals surface area contributed by atoms with Crippen molar-refractivity contribution in [3.8, 4) is 0 Å². The van der Waals surface area contributed by atoms with E-state index < -0.39 is 0 Å². The number of nitrogens with zero attached hydrogens (tertiary/aromatic N) is 1. The standard InChI is InChI=1S/C16H23N3O2/c1-17-13-6-4-12(5-7-13)16(20)18-9-15-10-19-8-2-3-14(19)11-21-15/h4-7,14-15,17H,2-3,8-11H2,1H3,(H,18,20). The Bertz CT molecular complexity index is 489. The Morgan fingerprint density at radius 1 is 1.38 bits per heavy atom. The highest BCUT2D eigenvalue weighted by atomic mass is 16.5. The Labute approximate surface area is 125 Å². The first-order valence-electron chi connectivity index (χ1n) is 7.68. The van der Waals surface area contributed by atoms with E-state index >= 15 is 0 Å². The number of hydrogen-bond donors (Lipinski definition) is 2. The summed E-state index contributed by atoms with van der Waals surface area (Å²) in [6.07, 6.45) is 2.63. The Kier molecular flexibility index (Phi) is 4.41. The molecule has 2 atom stereocenters. The highest BCUT2D eigenvalue weighted by molar-refractivity contribution is 5.94. The number of nitrogens with one attached hydrogen (secondary N) is 2. The van der Waals surface area contributed by atoms with Crippen LogP contribution in [0.5, 0.6) is 0 Å². The molecular weight excluding hydrogens is 266 g/mol. The first kappa shape index (κ1) is 14.4.